The standard InChI is InChI=1S/C17H17N3O7S/c1-12(21)18-9-10-19-17(22)13-5-7-15(8-6-13)27-28(25,26)16-4-2-3-14(11-16)20(23)24/h2-8,11H,9-10H2,1H3,(H,18,21)(H,19,22). The summed E-state index contributed by atoms with van der Waals surface area (Å²) in [6, 6.07) is 9.79. The van der Waals surface area contributed by atoms with Gasteiger partial charge in [-0.3, -0.25) is 19.7 Å². The minimum atomic E-state index is -4.27. The number of rotatable bonds is 8. The fourth-order valence-corrected chi connectivity index (χ4v) is 3.08. The maximum Gasteiger partial charge on any atom is 0.339 e. The smallest absolute Gasteiger partial charge is 0.339 e. The molecule has 2 N–H and O–H groups in total. The Hall–Kier alpha value is -3.47. The van der Waals surface area contributed by atoms with Gasteiger partial charge in [-0.1, -0.05) is 6.07 Å². The van der Waals surface area contributed by atoms with Gasteiger partial charge in [0.15, 0.2) is 0 Å². The van der Waals surface area contributed by atoms with Crippen molar-refractivity contribution in [1.29, 1.82) is 0 Å². The molecule has 0 radical (unpaired) electrons. The fourth-order valence-electron chi connectivity index (χ4n) is 2.11. The average molecular weight is 407 g/mol. The molecule has 0 saturated carbocycles. The van der Waals surface area contributed by atoms with Gasteiger partial charge in [-0.25, -0.2) is 0 Å². The molecular weight excluding hydrogens is 390 g/mol. The number of carbonyl (C=O) groups is 2. The zero-order chi connectivity index (χ0) is 20.7. The summed E-state index contributed by atoms with van der Waals surface area (Å²) in [5, 5.41) is 15.9. The first-order valence-corrected chi connectivity index (χ1v) is 9.41. The maximum atomic E-state index is 12.3. The molecule has 10 nitrogen and oxygen atoms in total. The molecule has 0 aromatic heterocycles. The van der Waals surface area contributed by atoms with Gasteiger partial charge in [-0.2, -0.15) is 8.42 Å². The second-order valence-corrected chi connectivity index (χ2v) is 7.10. The molecule has 28 heavy (non-hydrogen) atoms. The molecule has 0 bridgehead atoms. The normalized spacial score (nSPS) is 10.8. The second-order valence-electron chi connectivity index (χ2n) is 5.56. The van der Waals surface area contributed by atoms with Crippen LogP contribution >= 0.6 is 0 Å². The van der Waals surface area contributed by atoms with E-state index in [-0.39, 0.29) is 40.9 Å². The van der Waals surface area contributed by atoms with Gasteiger partial charge >= 0.3 is 10.1 Å². The molecule has 0 heterocycles. The first kappa shape index (κ1) is 20.8. The van der Waals surface area contributed by atoms with Gasteiger partial charge in [0.25, 0.3) is 11.6 Å². The predicted molar refractivity (Wildman–Crippen MR) is 98.4 cm³/mol. The predicted octanol–water partition coefficient (Wildman–Crippen LogP) is 1.23. The van der Waals surface area contributed by atoms with E-state index >= 15 is 0 Å². The van der Waals surface area contributed by atoms with Gasteiger partial charge in [0, 0.05) is 37.7 Å². The monoisotopic (exact) mass is 407 g/mol. The van der Waals surface area contributed by atoms with Crippen molar-refractivity contribution in [1.82, 2.24) is 10.6 Å². The summed E-state index contributed by atoms with van der Waals surface area (Å²) in [6.45, 7) is 1.88. The summed E-state index contributed by atoms with van der Waals surface area (Å²) in [5.41, 5.74) is -0.112. The van der Waals surface area contributed by atoms with E-state index in [4.69, 9.17) is 4.18 Å². The van der Waals surface area contributed by atoms with Gasteiger partial charge in [0.1, 0.15) is 10.6 Å². The van der Waals surface area contributed by atoms with Crippen molar-refractivity contribution in [3.63, 3.8) is 0 Å². The number of carbonyl (C=O) groups excluding carboxylic acids is 2. The van der Waals surface area contributed by atoms with E-state index in [1.165, 1.54) is 49.4 Å². The molecular formula is C17H17N3O7S. The van der Waals surface area contributed by atoms with Crippen LogP contribution in [-0.2, 0) is 14.9 Å². The summed E-state index contributed by atoms with van der Waals surface area (Å²) >= 11 is 0. The lowest BCUT2D eigenvalue weighted by molar-refractivity contribution is -0.385. The third kappa shape index (κ3) is 5.77. The number of benzene rings is 2. The number of nitrogens with zero attached hydrogens (tertiary/aromatic N) is 1. The molecule has 0 unspecified atom stereocenters. The van der Waals surface area contributed by atoms with Crippen molar-refractivity contribution >= 4 is 27.6 Å². The van der Waals surface area contributed by atoms with Crippen LogP contribution in [0.4, 0.5) is 5.69 Å². The maximum absolute atomic E-state index is 12.3. The Balaban J connectivity index is 2.03. The quantitative estimate of drug-likeness (QED) is 0.290. The van der Waals surface area contributed by atoms with E-state index in [0.29, 0.717) is 0 Å². The topological polar surface area (TPSA) is 145 Å². The molecule has 11 heteroatoms. The molecule has 0 saturated heterocycles. The van der Waals surface area contributed by atoms with Gasteiger partial charge in [0.2, 0.25) is 5.91 Å². The first-order chi connectivity index (χ1) is 13.2. The zero-order valence-corrected chi connectivity index (χ0v) is 15.6. The van der Waals surface area contributed by atoms with Crippen LogP contribution < -0.4 is 14.8 Å². The lowest BCUT2D eigenvalue weighted by Crippen LogP contribution is -2.33. The van der Waals surface area contributed by atoms with E-state index in [9.17, 15) is 28.1 Å². The lowest BCUT2D eigenvalue weighted by Gasteiger charge is -2.08. The minimum Gasteiger partial charge on any atom is -0.379 e. The molecule has 2 aromatic rings. The second kappa shape index (κ2) is 8.95. The summed E-state index contributed by atoms with van der Waals surface area (Å²) < 4.78 is 29.5. The Morgan fingerprint density at radius 3 is 2.32 bits per heavy atom. The largest absolute Gasteiger partial charge is 0.379 e. The van der Waals surface area contributed by atoms with Crippen molar-refractivity contribution in [3.8, 4) is 5.75 Å². The van der Waals surface area contributed by atoms with E-state index in [2.05, 4.69) is 10.6 Å². The molecule has 0 fully saturated rings. The summed E-state index contributed by atoms with van der Waals surface area (Å²) in [7, 11) is -4.27. The van der Waals surface area contributed by atoms with Crippen molar-refractivity contribution in [2.75, 3.05) is 13.1 Å². The number of nitrogens with one attached hydrogen (secondary N) is 2. The Morgan fingerprint density at radius 1 is 1.07 bits per heavy atom. The third-order valence-corrected chi connectivity index (χ3v) is 4.67. The molecule has 0 spiro atoms. The van der Waals surface area contributed by atoms with E-state index in [1.54, 1.807) is 0 Å². The van der Waals surface area contributed by atoms with Gasteiger partial charge in [-0.05, 0) is 30.3 Å². The number of nitro groups is 1. The molecule has 0 aliphatic carbocycles. The van der Waals surface area contributed by atoms with E-state index in [1.807, 2.05) is 0 Å². The lowest BCUT2D eigenvalue weighted by atomic mass is 10.2. The Labute approximate surface area is 160 Å². The molecule has 2 aromatic carbocycles. The number of amides is 2. The SMILES string of the molecule is CC(=O)NCCNC(=O)c1ccc(OS(=O)(=O)c2cccc([N+](=O)[O-])c2)cc1. The molecule has 2 amide bonds. The number of non-ortho nitro benzene ring substituents is 1. The Morgan fingerprint density at radius 2 is 1.71 bits per heavy atom. The van der Waals surface area contributed by atoms with Crippen LogP contribution in [0, 0.1) is 10.1 Å². The number of nitro benzene ring substituents is 1. The van der Waals surface area contributed by atoms with Crippen LogP contribution in [0.5, 0.6) is 5.75 Å². The first-order valence-electron chi connectivity index (χ1n) is 8.01. The molecule has 0 aliphatic heterocycles. The highest BCUT2D eigenvalue weighted by molar-refractivity contribution is 7.87. The highest BCUT2D eigenvalue weighted by Crippen LogP contribution is 2.22. The Bertz CT molecular complexity index is 988. The highest BCUT2D eigenvalue weighted by atomic mass is 32.2. The highest BCUT2D eigenvalue weighted by Gasteiger charge is 2.20. The molecule has 0 atom stereocenters. The summed E-state index contributed by atoms with van der Waals surface area (Å²) in [5.74, 6) is -0.666. The summed E-state index contributed by atoms with van der Waals surface area (Å²) in [6.07, 6.45) is 0. The van der Waals surface area contributed by atoms with Gasteiger partial charge < -0.3 is 14.8 Å². The molecule has 0 aliphatic rings. The van der Waals surface area contributed by atoms with Crippen LogP contribution in [0.1, 0.15) is 17.3 Å². The van der Waals surface area contributed by atoms with Crippen LogP contribution in [0.25, 0.3) is 0 Å². The van der Waals surface area contributed by atoms with Gasteiger partial charge in [-0.15, -0.1) is 0 Å². The fraction of sp³-hybridized carbons (Fsp3) is 0.176. The van der Waals surface area contributed by atoms with Crippen molar-refractivity contribution in [2.24, 2.45) is 0 Å². The van der Waals surface area contributed by atoms with Gasteiger partial charge in [0.05, 0.1) is 4.92 Å². The number of hydrogen-bond donors (Lipinski definition) is 2. The van der Waals surface area contributed by atoms with Crippen LogP contribution in [0.3, 0.4) is 0 Å². The van der Waals surface area contributed by atoms with Crippen molar-refractivity contribution < 1.29 is 27.1 Å². The number of hydrogen-bond acceptors (Lipinski definition) is 7. The Kier molecular flexibility index (Phi) is 6.66. The zero-order valence-electron chi connectivity index (χ0n) is 14.7. The summed E-state index contributed by atoms with van der Waals surface area (Å²) in [4.78, 5) is 32.4. The molecule has 148 valence electrons. The van der Waals surface area contributed by atoms with E-state index < -0.39 is 20.9 Å². The minimum absolute atomic E-state index is 0.0543. The molecule has 2 rings (SSSR count). The van der Waals surface area contributed by atoms with Crippen molar-refractivity contribution in [3.05, 3.63) is 64.2 Å². The van der Waals surface area contributed by atoms with Crippen LogP contribution in [-0.4, -0.2) is 38.2 Å². The van der Waals surface area contributed by atoms with E-state index in [0.717, 1.165) is 6.07 Å². The average Bonchev–Trinajstić information content (AvgIpc) is 2.65. The third-order valence-electron chi connectivity index (χ3n) is 3.42. The van der Waals surface area contributed by atoms with Crippen LogP contribution in [0.2, 0.25) is 0 Å². The van der Waals surface area contributed by atoms with Crippen LogP contribution in [0.15, 0.2) is 53.4 Å². The van der Waals surface area contributed by atoms with Crippen molar-refractivity contribution in [2.45, 2.75) is 11.8 Å².